The lowest BCUT2D eigenvalue weighted by atomic mass is 9.97. The summed E-state index contributed by atoms with van der Waals surface area (Å²) in [5, 5.41) is 13.9. The fourth-order valence-corrected chi connectivity index (χ4v) is 5.50. The van der Waals surface area contributed by atoms with Gasteiger partial charge < -0.3 is 20.3 Å². The van der Waals surface area contributed by atoms with Crippen molar-refractivity contribution in [1.82, 2.24) is 15.8 Å². The molecule has 43 heavy (non-hydrogen) atoms. The van der Waals surface area contributed by atoms with Gasteiger partial charge in [-0.1, -0.05) is 25.1 Å². The SMILES string of the molecule is CCC1N=C(c2cccc(-c3cc4c(C(=O)NC)c(-c5ccc(F)cc5)oc4cc3N(C)S(C)(=O)=O)c2)NN1CC(=O)O. The highest BCUT2D eigenvalue weighted by molar-refractivity contribution is 7.92. The van der Waals surface area contributed by atoms with Gasteiger partial charge in [0.1, 0.15) is 35.7 Å². The fraction of sp³-hybridized carbons (Fsp3) is 0.233. The zero-order valence-electron chi connectivity index (χ0n) is 23.9. The highest BCUT2D eigenvalue weighted by Gasteiger charge is 2.29. The number of carboxylic acids is 1. The quantitative estimate of drug-likeness (QED) is 0.259. The van der Waals surface area contributed by atoms with Crippen molar-refractivity contribution in [2.75, 3.05) is 31.2 Å². The number of furan rings is 1. The molecule has 0 spiro atoms. The lowest BCUT2D eigenvalue weighted by molar-refractivity contribution is -0.139. The number of halogens is 1. The zero-order valence-corrected chi connectivity index (χ0v) is 24.7. The van der Waals surface area contributed by atoms with Crippen LogP contribution in [0.2, 0.25) is 0 Å². The van der Waals surface area contributed by atoms with Gasteiger partial charge in [-0.2, -0.15) is 5.01 Å². The number of amides is 1. The lowest BCUT2D eigenvalue weighted by Crippen LogP contribution is -2.44. The van der Waals surface area contributed by atoms with Gasteiger partial charge in [-0.05, 0) is 48.4 Å². The summed E-state index contributed by atoms with van der Waals surface area (Å²) in [4.78, 5) is 29.2. The Morgan fingerprint density at radius 1 is 1.12 bits per heavy atom. The van der Waals surface area contributed by atoms with E-state index in [4.69, 9.17) is 4.42 Å². The molecule has 0 bridgehead atoms. The number of anilines is 1. The number of aliphatic imine (C=N–C) groups is 1. The summed E-state index contributed by atoms with van der Waals surface area (Å²) >= 11 is 0. The van der Waals surface area contributed by atoms with Crippen LogP contribution in [0.1, 0.15) is 29.3 Å². The maximum Gasteiger partial charge on any atom is 0.319 e. The molecular formula is C30H30FN5O6S. The molecule has 11 nitrogen and oxygen atoms in total. The number of nitrogens with one attached hydrogen (secondary N) is 2. The van der Waals surface area contributed by atoms with Gasteiger partial charge in [-0.25, -0.2) is 17.8 Å². The van der Waals surface area contributed by atoms with Gasteiger partial charge in [0.05, 0.1) is 17.5 Å². The number of carbonyl (C=O) groups excluding carboxylic acids is 1. The molecule has 0 saturated carbocycles. The topological polar surface area (TPSA) is 145 Å². The molecule has 4 aromatic rings. The van der Waals surface area contributed by atoms with Crippen LogP contribution < -0.4 is 15.0 Å². The van der Waals surface area contributed by atoms with Gasteiger partial charge in [0.15, 0.2) is 0 Å². The predicted octanol–water partition coefficient (Wildman–Crippen LogP) is 4.05. The highest BCUT2D eigenvalue weighted by Crippen LogP contribution is 2.41. The molecule has 0 fully saturated rings. The van der Waals surface area contributed by atoms with E-state index in [0.717, 1.165) is 10.6 Å². The molecule has 1 unspecified atom stereocenters. The lowest BCUT2D eigenvalue weighted by Gasteiger charge is -2.21. The molecule has 2 heterocycles. The van der Waals surface area contributed by atoms with Gasteiger partial charge >= 0.3 is 5.97 Å². The first kappa shape index (κ1) is 29.7. The van der Waals surface area contributed by atoms with E-state index in [1.165, 1.54) is 43.4 Å². The number of aliphatic carboxylic acids is 1. The van der Waals surface area contributed by atoms with Crippen LogP contribution in [0.5, 0.6) is 0 Å². The number of carboxylic acid groups (broad SMARTS) is 1. The van der Waals surface area contributed by atoms with E-state index in [1.807, 2.05) is 19.1 Å². The predicted molar refractivity (Wildman–Crippen MR) is 162 cm³/mol. The number of hydrogen-bond donors (Lipinski definition) is 3. The minimum absolute atomic E-state index is 0.210. The Hall–Kier alpha value is -4.75. The minimum Gasteiger partial charge on any atom is -0.480 e. The third-order valence-electron chi connectivity index (χ3n) is 7.21. The van der Waals surface area contributed by atoms with Crippen molar-refractivity contribution in [3.05, 3.63) is 77.6 Å². The first-order valence-electron chi connectivity index (χ1n) is 13.4. The number of sulfonamides is 1. The molecule has 1 amide bonds. The van der Waals surface area contributed by atoms with Gasteiger partial charge in [-0.3, -0.25) is 13.9 Å². The molecule has 0 radical (unpaired) electrons. The van der Waals surface area contributed by atoms with Crippen LogP contribution in [0.15, 0.2) is 70.1 Å². The Morgan fingerprint density at radius 2 is 1.81 bits per heavy atom. The molecular weight excluding hydrogens is 577 g/mol. The summed E-state index contributed by atoms with van der Waals surface area (Å²) in [6.07, 6.45) is 1.30. The van der Waals surface area contributed by atoms with E-state index in [-0.39, 0.29) is 29.6 Å². The Kier molecular flexibility index (Phi) is 7.95. The second kappa shape index (κ2) is 11.5. The number of carbonyl (C=O) groups is 2. The number of hydrazine groups is 1. The summed E-state index contributed by atoms with van der Waals surface area (Å²) in [6, 6.07) is 16.0. The van der Waals surface area contributed by atoms with Crippen LogP contribution >= 0.6 is 0 Å². The molecule has 5 rings (SSSR count). The van der Waals surface area contributed by atoms with Gasteiger partial charge in [0.25, 0.3) is 5.91 Å². The zero-order chi connectivity index (χ0) is 31.1. The van der Waals surface area contributed by atoms with Crippen molar-refractivity contribution >= 4 is 44.4 Å². The first-order chi connectivity index (χ1) is 20.4. The van der Waals surface area contributed by atoms with E-state index in [1.54, 1.807) is 24.3 Å². The molecule has 0 aliphatic carbocycles. The van der Waals surface area contributed by atoms with Crippen LogP contribution in [0.25, 0.3) is 33.4 Å². The highest BCUT2D eigenvalue weighted by atomic mass is 32.2. The minimum atomic E-state index is -3.72. The maximum atomic E-state index is 13.7. The van der Waals surface area contributed by atoms with Crippen molar-refractivity contribution in [3.8, 4) is 22.5 Å². The average molecular weight is 608 g/mol. The molecule has 13 heteroatoms. The van der Waals surface area contributed by atoms with E-state index in [2.05, 4.69) is 15.7 Å². The molecule has 224 valence electrons. The Bertz CT molecular complexity index is 1870. The molecule has 3 N–H and O–H groups in total. The summed E-state index contributed by atoms with van der Waals surface area (Å²) in [6.45, 7) is 1.66. The number of amidine groups is 1. The van der Waals surface area contributed by atoms with E-state index in [0.29, 0.717) is 45.6 Å². The van der Waals surface area contributed by atoms with Gasteiger partial charge in [0.2, 0.25) is 10.0 Å². The summed E-state index contributed by atoms with van der Waals surface area (Å²) in [5.74, 6) is -1.19. The second-order valence-corrected chi connectivity index (χ2v) is 12.1. The number of fused-ring (bicyclic) bond motifs is 1. The normalized spacial score (nSPS) is 15.3. The van der Waals surface area contributed by atoms with Gasteiger partial charge in [-0.15, -0.1) is 0 Å². The maximum absolute atomic E-state index is 13.7. The van der Waals surface area contributed by atoms with E-state index >= 15 is 0 Å². The van der Waals surface area contributed by atoms with Crippen molar-refractivity contribution in [2.24, 2.45) is 4.99 Å². The largest absolute Gasteiger partial charge is 0.480 e. The van der Waals surface area contributed by atoms with Crippen LogP contribution in [0, 0.1) is 5.82 Å². The molecule has 1 aliphatic rings. The van der Waals surface area contributed by atoms with Crippen molar-refractivity contribution in [3.63, 3.8) is 0 Å². The number of rotatable bonds is 9. The Morgan fingerprint density at radius 3 is 2.44 bits per heavy atom. The number of nitrogens with zero attached hydrogens (tertiary/aromatic N) is 3. The van der Waals surface area contributed by atoms with Crippen LogP contribution in [-0.2, 0) is 14.8 Å². The number of benzene rings is 3. The molecule has 1 atom stereocenters. The molecule has 1 aromatic heterocycles. The summed E-state index contributed by atoms with van der Waals surface area (Å²) in [7, 11) is -0.813. The average Bonchev–Trinajstić information content (AvgIpc) is 3.56. The number of hydrogen-bond acceptors (Lipinski definition) is 8. The standard InChI is InChI=1S/C30H30FN5O6S/c1-5-25-33-29(34-36(25)16-26(37)38)19-8-6-7-18(13-19)21-14-22-24(15-23(21)35(3)43(4,40)41)42-28(27(22)30(39)32-2)17-9-11-20(31)12-10-17/h6-15,25H,5,16H2,1-4H3,(H,32,39)(H,33,34)(H,37,38). The molecule has 0 saturated heterocycles. The Labute approximate surface area is 247 Å². The van der Waals surface area contributed by atoms with E-state index < -0.39 is 27.7 Å². The van der Waals surface area contributed by atoms with Crippen LogP contribution in [0.3, 0.4) is 0 Å². The monoisotopic (exact) mass is 607 g/mol. The first-order valence-corrected chi connectivity index (χ1v) is 15.2. The fourth-order valence-electron chi connectivity index (χ4n) is 4.99. The van der Waals surface area contributed by atoms with Crippen molar-refractivity contribution in [1.29, 1.82) is 0 Å². The summed E-state index contributed by atoms with van der Waals surface area (Å²) < 4.78 is 46.4. The second-order valence-electron chi connectivity index (χ2n) is 10.1. The molecule has 1 aliphatic heterocycles. The Balaban J connectivity index is 1.71. The van der Waals surface area contributed by atoms with Crippen molar-refractivity contribution in [2.45, 2.75) is 19.5 Å². The van der Waals surface area contributed by atoms with Gasteiger partial charge in [0, 0.05) is 42.2 Å². The smallest absolute Gasteiger partial charge is 0.319 e. The van der Waals surface area contributed by atoms with Crippen LogP contribution in [-0.4, -0.2) is 69.3 Å². The van der Waals surface area contributed by atoms with Crippen LogP contribution in [0.4, 0.5) is 10.1 Å². The molecule has 3 aromatic carbocycles. The van der Waals surface area contributed by atoms with E-state index in [9.17, 15) is 27.5 Å². The third kappa shape index (κ3) is 5.81. The van der Waals surface area contributed by atoms with Crippen molar-refractivity contribution < 1.29 is 31.9 Å². The summed E-state index contributed by atoms with van der Waals surface area (Å²) in [5.41, 5.74) is 6.08. The third-order valence-corrected chi connectivity index (χ3v) is 8.40.